The van der Waals surface area contributed by atoms with E-state index in [9.17, 15) is 0 Å². The number of hydrogen-bond donors (Lipinski definition) is 0. The number of thiophene rings is 1. The van der Waals surface area contributed by atoms with Crippen LogP contribution in [0.4, 0.5) is 17.1 Å². The minimum absolute atomic E-state index is 0.878. The number of aromatic nitrogens is 1. The Bertz CT molecular complexity index is 2480. The third-order valence-electron chi connectivity index (χ3n) is 8.59. The molecule has 4 heteroatoms. The van der Waals surface area contributed by atoms with Crippen molar-refractivity contribution in [1.82, 2.24) is 4.98 Å². The number of benzene rings is 6. The summed E-state index contributed by atoms with van der Waals surface area (Å²) in [6.07, 6.45) is 3.83. The van der Waals surface area contributed by atoms with Gasteiger partial charge in [-0.05, 0) is 76.9 Å². The van der Waals surface area contributed by atoms with Gasteiger partial charge >= 0.3 is 0 Å². The summed E-state index contributed by atoms with van der Waals surface area (Å²) in [5, 5.41) is 4.69. The van der Waals surface area contributed by atoms with Gasteiger partial charge in [0, 0.05) is 49.3 Å². The standard InChI is InChI=1S/C41H26N2OS/c1-2-7-27(8-3-1)28-13-18-31(19-14-28)43(36-10-6-12-38-41(36)34-9-4-5-11-37(34)44-38)32-20-15-29(16-21-32)30-17-22-33-35-26-42-24-23-39(35)45-40(33)25-30/h1-26H. The molecule has 0 saturated carbocycles. The molecule has 9 rings (SSSR count). The van der Waals surface area contributed by atoms with Crippen LogP contribution in [0.1, 0.15) is 0 Å². The van der Waals surface area contributed by atoms with Gasteiger partial charge in [0.1, 0.15) is 11.2 Å². The summed E-state index contributed by atoms with van der Waals surface area (Å²) >= 11 is 1.82. The summed E-state index contributed by atoms with van der Waals surface area (Å²) in [6, 6.07) is 51.7. The van der Waals surface area contributed by atoms with Crippen LogP contribution >= 0.6 is 11.3 Å². The van der Waals surface area contributed by atoms with Crippen LogP contribution < -0.4 is 4.90 Å². The van der Waals surface area contributed by atoms with Gasteiger partial charge in [-0.3, -0.25) is 4.98 Å². The Kier molecular flexibility index (Phi) is 6.00. The highest BCUT2D eigenvalue weighted by molar-refractivity contribution is 7.25. The minimum atomic E-state index is 0.878. The summed E-state index contributed by atoms with van der Waals surface area (Å²) in [5.74, 6) is 0. The summed E-state index contributed by atoms with van der Waals surface area (Å²) in [7, 11) is 0. The molecule has 0 aliphatic heterocycles. The average molecular weight is 595 g/mol. The van der Waals surface area contributed by atoms with Crippen molar-refractivity contribution >= 4 is 70.5 Å². The average Bonchev–Trinajstić information content (AvgIpc) is 3.68. The van der Waals surface area contributed by atoms with Gasteiger partial charge < -0.3 is 9.32 Å². The van der Waals surface area contributed by atoms with Crippen LogP contribution in [0.3, 0.4) is 0 Å². The van der Waals surface area contributed by atoms with Crippen LogP contribution in [0.5, 0.6) is 0 Å². The molecule has 9 aromatic rings. The maximum Gasteiger partial charge on any atom is 0.137 e. The van der Waals surface area contributed by atoms with Crippen LogP contribution in [0.25, 0.3) is 64.4 Å². The van der Waals surface area contributed by atoms with Crippen molar-refractivity contribution < 1.29 is 4.42 Å². The first kappa shape index (κ1) is 25.8. The Balaban J connectivity index is 1.17. The second-order valence-electron chi connectivity index (χ2n) is 11.2. The van der Waals surface area contributed by atoms with E-state index in [1.165, 1.54) is 42.4 Å². The number of nitrogens with zero attached hydrogens (tertiary/aromatic N) is 2. The van der Waals surface area contributed by atoms with Crippen LogP contribution in [0, 0.1) is 0 Å². The van der Waals surface area contributed by atoms with Gasteiger partial charge in [0.05, 0.1) is 11.1 Å². The van der Waals surface area contributed by atoms with Crippen LogP contribution in [0.15, 0.2) is 162 Å². The Labute approximate surface area is 264 Å². The first-order valence-electron chi connectivity index (χ1n) is 15.0. The molecule has 6 aromatic carbocycles. The molecular weight excluding hydrogens is 569 g/mol. The lowest BCUT2D eigenvalue weighted by Gasteiger charge is -2.26. The second-order valence-corrected chi connectivity index (χ2v) is 12.3. The van der Waals surface area contributed by atoms with Gasteiger partial charge in [-0.25, -0.2) is 0 Å². The van der Waals surface area contributed by atoms with Crippen LogP contribution in [0.2, 0.25) is 0 Å². The smallest absolute Gasteiger partial charge is 0.137 e. The molecule has 212 valence electrons. The van der Waals surface area contributed by atoms with E-state index in [4.69, 9.17) is 4.42 Å². The van der Waals surface area contributed by atoms with Gasteiger partial charge in [0.15, 0.2) is 0 Å². The number of pyridine rings is 1. The molecule has 0 unspecified atom stereocenters. The molecule has 0 aliphatic rings. The van der Waals surface area contributed by atoms with Crippen molar-refractivity contribution in [2.24, 2.45) is 0 Å². The molecule has 0 amide bonds. The predicted molar refractivity (Wildman–Crippen MR) is 190 cm³/mol. The first-order chi connectivity index (χ1) is 22.3. The minimum Gasteiger partial charge on any atom is -0.456 e. The van der Waals surface area contributed by atoms with E-state index in [0.717, 1.165) is 39.0 Å². The second kappa shape index (κ2) is 10.5. The summed E-state index contributed by atoms with van der Waals surface area (Å²) in [4.78, 5) is 6.68. The number of para-hydroxylation sites is 1. The Morgan fingerprint density at radius 1 is 0.489 bits per heavy atom. The Morgan fingerprint density at radius 2 is 1.16 bits per heavy atom. The highest BCUT2D eigenvalue weighted by Crippen LogP contribution is 2.44. The van der Waals surface area contributed by atoms with Gasteiger partial charge in [0.2, 0.25) is 0 Å². The van der Waals surface area contributed by atoms with Crippen LogP contribution in [-0.4, -0.2) is 4.98 Å². The SMILES string of the molecule is c1ccc(-c2ccc(N(c3ccc(-c4ccc5c(c4)sc4ccncc45)cc3)c3cccc4oc5ccccc5c34)cc2)cc1. The maximum atomic E-state index is 6.30. The van der Waals surface area contributed by atoms with Crippen molar-refractivity contribution in [3.8, 4) is 22.3 Å². The molecule has 3 aromatic heterocycles. The lowest BCUT2D eigenvalue weighted by molar-refractivity contribution is 0.669. The quantitative estimate of drug-likeness (QED) is 0.198. The van der Waals surface area contributed by atoms with Gasteiger partial charge in [0.25, 0.3) is 0 Å². The zero-order valence-corrected chi connectivity index (χ0v) is 25.0. The lowest BCUT2D eigenvalue weighted by atomic mass is 10.0. The molecule has 45 heavy (non-hydrogen) atoms. The van der Waals surface area contributed by atoms with E-state index < -0.39 is 0 Å². The van der Waals surface area contributed by atoms with Gasteiger partial charge in [-0.1, -0.05) is 91.0 Å². The fourth-order valence-electron chi connectivity index (χ4n) is 6.41. The largest absolute Gasteiger partial charge is 0.456 e. The maximum absolute atomic E-state index is 6.30. The molecule has 0 spiro atoms. The molecule has 3 nitrogen and oxygen atoms in total. The topological polar surface area (TPSA) is 29.3 Å². The van der Waals surface area contributed by atoms with E-state index in [2.05, 4.69) is 143 Å². The molecule has 0 saturated heterocycles. The number of hydrogen-bond acceptors (Lipinski definition) is 4. The van der Waals surface area contributed by atoms with Gasteiger partial charge in [-0.15, -0.1) is 11.3 Å². The van der Waals surface area contributed by atoms with Crippen molar-refractivity contribution in [2.45, 2.75) is 0 Å². The summed E-state index contributed by atoms with van der Waals surface area (Å²) < 4.78 is 8.84. The lowest BCUT2D eigenvalue weighted by Crippen LogP contribution is -2.10. The molecule has 0 fully saturated rings. The van der Waals surface area contributed by atoms with E-state index in [0.29, 0.717) is 0 Å². The highest BCUT2D eigenvalue weighted by Gasteiger charge is 2.19. The molecule has 0 radical (unpaired) electrons. The third-order valence-corrected chi connectivity index (χ3v) is 9.72. The monoisotopic (exact) mass is 594 g/mol. The Morgan fingerprint density at radius 3 is 1.96 bits per heavy atom. The number of rotatable bonds is 5. The van der Waals surface area contributed by atoms with E-state index in [-0.39, 0.29) is 0 Å². The highest BCUT2D eigenvalue weighted by atomic mass is 32.1. The third kappa shape index (κ3) is 4.38. The summed E-state index contributed by atoms with van der Waals surface area (Å²) in [6.45, 7) is 0. The normalized spacial score (nSPS) is 11.6. The van der Waals surface area contributed by atoms with Crippen LogP contribution in [-0.2, 0) is 0 Å². The molecule has 0 aliphatic carbocycles. The molecule has 0 atom stereocenters. The van der Waals surface area contributed by atoms with Crippen molar-refractivity contribution in [3.63, 3.8) is 0 Å². The molecule has 3 heterocycles. The fraction of sp³-hybridized carbons (Fsp3) is 0. The van der Waals surface area contributed by atoms with E-state index in [1.54, 1.807) is 0 Å². The molecule has 0 N–H and O–H groups in total. The summed E-state index contributed by atoms with van der Waals surface area (Å²) in [5.41, 5.74) is 9.79. The zero-order chi connectivity index (χ0) is 29.7. The molecule has 0 bridgehead atoms. The first-order valence-corrected chi connectivity index (χ1v) is 15.8. The van der Waals surface area contributed by atoms with Gasteiger partial charge in [-0.2, -0.15) is 0 Å². The zero-order valence-electron chi connectivity index (χ0n) is 24.2. The van der Waals surface area contributed by atoms with E-state index in [1.807, 2.05) is 35.9 Å². The van der Waals surface area contributed by atoms with Crippen molar-refractivity contribution in [2.75, 3.05) is 4.90 Å². The van der Waals surface area contributed by atoms with Crippen molar-refractivity contribution in [3.05, 3.63) is 158 Å². The van der Waals surface area contributed by atoms with Crippen molar-refractivity contribution in [1.29, 1.82) is 0 Å². The fourth-order valence-corrected chi connectivity index (χ4v) is 7.52. The predicted octanol–water partition coefficient (Wildman–Crippen LogP) is 12.2. The Hall–Kier alpha value is -5.71. The molecular formula is C41H26N2OS. The number of furan rings is 1. The number of anilines is 3. The van der Waals surface area contributed by atoms with E-state index >= 15 is 0 Å². The number of fused-ring (bicyclic) bond motifs is 6.